The third-order valence-corrected chi connectivity index (χ3v) is 2.32. The van der Waals surface area contributed by atoms with E-state index in [-0.39, 0.29) is 0 Å². The van der Waals surface area contributed by atoms with Crippen molar-refractivity contribution < 1.29 is 4.28 Å². The van der Waals surface area contributed by atoms with E-state index < -0.39 is 0 Å². The summed E-state index contributed by atoms with van der Waals surface area (Å²) in [5.41, 5.74) is 0. The SMILES string of the molecule is CCN(CC)CCN(C)SON. The van der Waals surface area contributed by atoms with Crippen LogP contribution in [0.4, 0.5) is 0 Å². The molecule has 0 spiro atoms. The van der Waals surface area contributed by atoms with Gasteiger partial charge >= 0.3 is 0 Å². The fourth-order valence-electron chi connectivity index (χ4n) is 0.933. The van der Waals surface area contributed by atoms with E-state index in [4.69, 9.17) is 5.90 Å². The lowest BCUT2D eigenvalue weighted by molar-refractivity contribution is 0.279. The molecule has 0 aromatic heterocycles. The average Bonchev–Trinajstić information content (AvgIpc) is 2.07. The monoisotopic (exact) mass is 193 g/mol. The van der Waals surface area contributed by atoms with Crippen LogP contribution in [0.2, 0.25) is 0 Å². The average molecular weight is 193 g/mol. The normalized spacial score (nSPS) is 11.5. The van der Waals surface area contributed by atoms with Gasteiger partial charge in [-0.25, -0.2) is 14.5 Å². The van der Waals surface area contributed by atoms with Crippen molar-refractivity contribution in [1.82, 2.24) is 9.21 Å². The zero-order valence-electron chi connectivity index (χ0n) is 8.12. The van der Waals surface area contributed by atoms with E-state index in [1.54, 1.807) is 0 Å². The molecule has 0 saturated carbocycles. The van der Waals surface area contributed by atoms with E-state index >= 15 is 0 Å². The quantitative estimate of drug-likeness (QED) is 0.366. The predicted molar refractivity (Wildman–Crippen MR) is 53.3 cm³/mol. The highest BCUT2D eigenvalue weighted by atomic mass is 32.2. The molecular formula is C7H19N3OS. The number of rotatable bonds is 7. The van der Waals surface area contributed by atoms with Gasteiger partial charge in [-0.2, -0.15) is 0 Å². The molecule has 5 heteroatoms. The maximum atomic E-state index is 4.91. The van der Waals surface area contributed by atoms with Crippen LogP contribution in [0.5, 0.6) is 0 Å². The maximum absolute atomic E-state index is 4.91. The Morgan fingerprint density at radius 2 is 1.83 bits per heavy atom. The summed E-state index contributed by atoms with van der Waals surface area (Å²) in [7, 11) is 1.96. The Hall–Kier alpha value is 0.190. The molecule has 0 rings (SSSR count). The molecule has 0 aromatic carbocycles. The molecule has 0 aliphatic rings. The number of hydrogen-bond donors (Lipinski definition) is 1. The van der Waals surface area contributed by atoms with Crippen molar-refractivity contribution in [2.45, 2.75) is 13.8 Å². The van der Waals surface area contributed by atoms with Crippen molar-refractivity contribution in [2.24, 2.45) is 5.90 Å². The molecule has 4 nitrogen and oxygen atoms in total. The lowest BCUT2D eigenvalue weighted by Gasteiger charge is -2.20. The molecule has 0 atom stereocenters. The summed E-state index contributed by atoms with van der Waals surface area (Å²) in [4.78, 5) is 2.35. The van der Waals surface area contributed by atoms with Gasteiger partial charge in [0.2, 0.25) is 0 Å². The second-order valence-corrected chi connectivity index (χ2v) is 3.51. The van der Waals surface area contributed by atoms with Crippen LogP contribution in [0.1, 0.15) is 13.8 Å². The Balaban J connectivity index is 3.37. The minimum Gasteiger partial charge on any atom is -0.303 e. The molecule has 0 aliphatic heterocycles. The topological polar surface area (TPSA) is 41.7 Å². The molecule has 0 amide bonds. The van der Waals surface area contributed by atoms with Gasteiger partial charge < -0.3 is 4.90 Å². The van der Waals surface area contributed by atoms with E-state index in [1.807, 2.05) is 11.4 Å². The van der Waals surface area contributed by atoms with Crippen molar-refractivity contribution in [1.29, 1.82) is 0 Å². The van der Waals surface area contributed by atoms with Crippen molar-refractivity contribution in [3.8, 4) is 0 Å². The Morgan fingerprint density at radius 3 is 2.25 bits per heavy atom. The van der Waals surface area contributed by atoms with E-state index in [2.05, 4.69) is 23.0 Å². The minimum absolute atomic E-state index is 0.962. The van der Waals surface area contributed by atoms with E-state index in [1.165, 1.54) is 12.2 Å². The van der Waals surface area contributed by atoms with Crippen LogP contribution in [-0.4, -0.2) is 42.4 Å². The first kappa shape index (κ1) is 12.2. The Bertz CT molecular complexity index is 101. The molecule has 74 valence electrons. The first-order valence-corrected chi connectivity index (χ1v) is 4.91. The van der Waals surface area contributed by atoms with Crippen LogP contribution >= 0.6 is 12.2 Å². The molecule has 0 saturated heterocycles. The van der Waals surface area contributed by atoms with Gasteiger partial charge in [0.25, 0.3) is 0 Å². The largest absolute Gasteiger partial charge is 0.303 e. The van der Waals surface area contributed by atoms with Crippen LogP contribution in [0.3, 0.4) is 0 Å². The molecule has 0 aliphatic carbocycles. The zero-order valence-corrected chi connectivity index (χ0v) is 8.93. The van der Waals surface area contributed by atoms with Gasteiger partial charge in [0.1, 0.15) is 12.2 Å². The predicted octanol–water partition coefficient (Wildman–Crippen LogP) is 0.714. The van der Waals surface area contributed by atoms with Gasteiger partial charge in [0, 0.05) is 13.1 Å². The lowest BCUT2D eigenvalue weighted by Crippen LogP contribution is -2.30. The summed E-state index contributed by atoms with van der Waals surface area (Å²) in [6.07, 6.45) is 0. The first-order valence-electron chi connectivity index (χ1n) is 4.21. The van der Waals surface area contributed by atoms with Crippen LogP contribution in [0, 0.1) is 0 Å². The van der Waals surface area contributed by atoms with Gasteiger partial charge in [-0.1, -0.05) is 13.8 Å². The fraction of sp³-hybridized carbons (Fsp3) is 1.00. The van der Waals surface area contributed by atoms with Crippen molar-refractivity contribution in [3.05, 3.63) is 0 Å². The molecule has 0 heterocycles. The van der Waals surface area contributed by atoms with Crippen molar-refractivity contribution in [3.63, 3.8) is 0 Å². The first-order chi connectivity index (χ1) is 5.74. The van der Waals surface area contributed by atoms with Crippen molar-refractivity contribution in [2.75, 3.05) is 33.2 Å². The van der Waals surface area contributed by atoms with E-state index in [9.17, 15) is 0 Å². The van der Waals surface area contributed by atoms with Crippen LogP contribution < -0.4 is 5.90 Å². The van der Waals surface area contributed by atoms with E-state index in [0.29, 0.717) is 0 Å². The number of nitrogens with zero attached hydrogens (tertiary/aromatic N) is 2. The van der Waals surface area contributed by atoms with Gasteiger partial charge in [-0.05, 0) is 20.1 Å². The third kappa shape index (κ3) is 5.79. The molecular weight excluding hydrogens is 174 g/mol. The Labute approximate surface area is 79.3 Å². The summed E-state index contributed by atoms with van der Waals surface area (Å²) >= 11 is 1.18. The Kier molecular flexibility index (Phi) is 7.94. The highest BCUT2D eigenvalue weighted by Crippen LogP contribution is 2.03. The number of likely N-dealkylation sites (N-methyl/N-ethyl adjacent to an activating group) is 2. The standard InChI is InChI=1S/C7H19N3OS/c1-4-10(5-2)7-6-9(3)12-11-8/h4-8H2,1-3H3. The Morgan fingerprint density at radius 1 is 1.25 bits per heavy atom. The fourth-order valence-corrected chi connectivity index (χ4v) is 1.24. The lowest BCUT2D eigenvalue weighted by atomic mass is 10.5. The molecule has 12 heavy (non-hydrogen) atoms. The van der Waals surface area contributed by atoms with Gasteiger partial charge in [-0.3, -0.25) is 0 Å². The number of nitrogens with two attached hydrogens (primary N) is 1. The molecule has 0 fully saturated rings. The summed E-state index contributed by atoms with van der Waals surface area (Å²) in [5.74, 6) is 4.91. The molecule has 0 bridgehead atoms. The summed E-state index contributed by atoms with van der Waals surface area (Å²) in [5, 5.41) is 0. The van der Waals surface area contributed by atoms with Crippen molar-refractivity contribution >= 4 is 12.2 Å². The summed E-state index contributed by atoms with van der Waals surface area (Å²) < 4.78 is 6.40. The summed E-state index contributed by atoms with van der Waals surface area (Å²) in [6, 6.07) is 0. The third-order valence-electron chi connectivity index (χ3n) is 1.80. The van der Waals surface area contributed by atoms with Gasteiger partial charge in [0.15, 0.2) is 0 Å². The second kappa shape index (κ2) is 7.82. The number of hydrogen-bond acceptors (Lipinski definition) is 5. The second-order valence-electron chi connectivity index (χ2n) is 2.55. The van der Waals surface area contributed by atoms with E-state index in [0.717, 1.165) is 26.2 Å². The smallest absolute Gasteiger partial charge is 0.104 e. The summed E-state index contributed by atoms with van der Waals surface area (Å²) in [6.45, 7) is 8.53. The van der Waals surface area contributed by atoms with Gasteiger partial charge in [-0.15, -0.1) is 0 Å². The minimum atomic E-state index is 0.962. The van der Waals surface area contributed by atoms with Crippen LogP contribution in [-0.2, 0) is 4.28 Å². The maximum Gasteiger partial charge on any atom is 0.104 e. The zero-order chi connectivity index (χ0) is 9.40. The molecule has 0 radical (unpaired) electrons. The van der Waals surface area contributed by atoms with Crippen LogP contribution in [0.15, 0.2) is 0 Å². The highest BCUT2D eigenvalue weighted by molar-refractivity contribution is 7.92. The molecule has 0 unspecified atom stereocenters. The molecule has 0 aromatic rings. The highest BCUT2D eigenvalue weighted by Gasteiger charge is 2.02. The molecule has 2 N–H and O–H groups in total. The van der Waals surface area contributed by atoms with Crippen LogP contribution in [0.25, 0.3) is 0 Å². The van der Waals surface area contributed by atoms with Gasteiger partial charge in [0.05, 0.1) is 0 Å².